The Bertz CT molecular complexity index is 348. The molecule has 0 atom stereocenters. The summed E-state index contributed by atoms with van der Waals surface area (Å²) in [7, 11) is 0. The van der Waals surface area contributed by atoms with Crippen LogP contribution < -0.4 is 0 Å². The van der Waals surface area contributed by atoms with E-state index in [1.165, 1.54) is 0 Å². The molecule has 0 fully saturated rings. The van der Waals surface area contributed by atoms with E-state index < -0.39 is 50.1 Å². The maximum atomic E-state index is 10.6. The second-order valence-corrected chi connectivity index (χ2v) is 4.00. The van der Waals surface area contributed by atoms with E-state index in [1.807, 2.05) is 0 Å². The second kappa shape index (κ2) is 21.1. The van der Waals surface area contributed by atoms with Gasteiger partial charge in [0.1, 0.15) is 0 Å². The average Bonchev–Trinajstić information content (AvgIpc) is 2.22. The molecule has 0 rings (SSSR count). The first kappa shape index (κ1) is 36.7. The van der Waals surface area contributed by atoms with Crippen molar-refractivity contribution in [3.05, 3.63) is 0 Å². The van der Waals surface area contributed by atoms with Gasteiger partial charge in [0.15, 0.2) is 0 Å². The summed E-state index contributed by atoms with van der Waals surface area (Å²) < 4.78 is 0. The van der Waals surface area contributed by atoms with Crippen molar-refractivity contribution in [2.45, 2.75) is 0 Å². The predicted octanol–water partition coefficient (Wildman–Crippen LogP) is -3.68. The first-order chi connectivity index (χ1) is 9.20. The normalized spacial score (nSPS) is 8.92. The van der Waals surface area contributed by atoms with Crippen LogP contribution in [0.1, 0.15) is 5.71 Å². The maximum absolute atomic E-state index is 10.6. The van der Waals surface area contributed by atoms with Crippen LogP contribution in [-0.4, -0.2) is 212 Å². The summed E-state index contributed by atoms with van der Waals surface area (Å²) in [4.78, 5) is 44.4. The SMILES string of the molecule is O=C(O)CN(CCN(CC(=O)O)CC(=O)O)CC(=O)O.[HH].[HH].[HH].[HH].[NaH].[NaH].[NaH].[NaH]. The molecule has 0 heterocycles. The summed E-state index contributed by atoms with van der Waals surface area (Å²) in [5.74, 6) is -4.91. The number of rotatable bonds is 11. The van der Waals surface area contributed by atoms with Crippen LogP contribution in [0.2, 0.25) is 0 Å². The Morgan fingerprint density at radius 3 is 0.833 bits per heavy atom. The zero-order chi connectivity index (χ0) is 15.7. The monoisotopic (exact) mass is 396 g/mol. The number of aliphatic carboxylic acids is 4. The minimum absolute atomic E-state index is 0. The summed E-state index contributed by atoms with van der Waals surface area (Å²) in [6.07, 6.45) is 0. The fourth-order valence-corrected chi connectivity index (χ4v) is 1.48. The summed E-state index contributed by atoms with van der Waals surface area (Å²) in [6.45, 7) is -2.25. The topological polar surface area (TPSA) is 156 Å². The van der Waals surface area contributed by atoms with Crippen molar-refractivity contribution in [3.8, 4) is 0 Å². The molecule has 0 saturated heterocycles. The molecule has 130 valence electrons. The molecule has 0 saturated carbocycles. The van der Waals surface area contributed by atoms with Crippen LogP contribution in [-0.2, 0) is 19.2 Å². The van der Waals surface area contributed by atoms with E-state index in [4.69, 9.17) is 20.4 Å². The van der Waals surface area contributed by atoms with E-state index in [9.17, 15) is 19.2 Å². The van der Waals surface area contributed by atoms with Crippen molar-refractivity contribution in [3.63, 3.8) is 0 Å². The van der Waals surface area contributed by atoms with E-state index in [2.05, 4.69) is 0 Å². The zero-order valence-corrected chi connectivity index (χ0v) is 10.6. The van der Waals surface area contributed by atoms with E-state index in [0.717, 1.165) is 9.80 Å². The van der Waals surface area contributed by atoms with Crippen molar-refractivity contribution >= 4 is 142 Å². The first-order valence-corrected chi connectivity index (χ1v) is 5.52. The Kier molecular flexibility index (Phi) is 32.3. The summed E-state index contributed by atoms with van der Waals surface area (Å²) in [6, 6.07) is 0. The minimum atomic E-state index is -1.23. The number of carboxylic acid groups (broad SMARTS) is 4. The van der Waals surface area contributed by atoms with Gasteiger partial charge in [-0.25, -0.2) is 0 Å². The number of hydrogen-bond acceptors (Lipinski definition) is 6. The Balaban J connectivity index is -0.0000000645. The molecule has 14 heteroatoms. The Morgan fingerprint density at radius 1 is 0.542 bits per heavy atom. The zero-order valence-electron chi connectivity index (χ0n) is 10.6. The quantitative estimate of drug-likeness (QED) is 0.257. The first-order valence-electron chi connectivity index (χ1n) is 5.52. The van der Waals surface area contributed by atoms with Crippen LogP contribution >= 0.6 is 0 Å². The van der Waals surface area contributed by atoms with Gasteiger partial charge in [-0.3, -0.25) is 29.0 Å². The number of nitrogens with zero attached hydrogens (tertiary/aromatic N) is 2. The van der Waals surface area contributed by atoms with Gasteiger partial charge in [0.2, 0.25) is 0 Å². The van der Waals surface area contributed by atoms with E-state index >= 15 is 0 Å². The Morgan fingerprint density at radius 2 is 0.708 bits per heavy atom. The van der Waals surface area contributed by atoms with Crippen LogP contribution in [0.4, 0.5) is 0 Å². The second-order valence-electron chi connectivity index (χ2n) is 4.00. The fraction of sp³-hybridized carbons (Fsp3) is 0.600. The van der Waals surface area contributed by atoms with Crippen molar-refractivity contribution in [1.82, 2.24) is 9.80 Å². The molecule has 0 bridgehead atoms. The van der Waals surface area contributed by atoms with E-state index in [0.29, 0.717) is 0 Å². The fourth-order valence-electron chi connectivity index (χ4n) is 1.48. The van der Waals surface area contributed by atoms with Crippen molar-refractivity contribution in [2.24, 2.45) is 0 Å². The van der Waals surface area contributed by atoms with Gasteiger partial charge < -0.3 is 20.4 Å². The number of carbonyl (C=O) groups is 4. The molecule has 0 aromatic heterocycles. The van der Waals surface area contributed by atoms with Crippen molar-refractivity contribution < 1.29 is 45.3 Å². The molecule has 0 spiro atoms. The molecular weight excluding hydrogens is 368 g/mol. The molecule has 10 nitrogen and oxygen atoms in total. The molecule has 0 amide bonds. The summed E-state index contributed by atoms with van der Waals surface area (Å²) in [5.41, 5.74) is 0. The Hall–Kier alpha value is 1.80. The van der Waals surface area contributed by atoms with Gasteiger partial charge in [-0.05, 0) is 0 Å². The van der Waals surface area contributed by atoms with Crippen LogP contribution in [0.5, 0.6) is 0 Å². The van der Waals surface area contributed by atoms with Crippen LogP contribution in [0.15, 0.2) is 0 Å². The molecule has 0 aliphatic rings. The van der Waals surface area contributed by atoms with Gasteiger partial charge >= 0.3 is 142 Å². The molecule has 4 N–H and O–H groups in total. The molecule has 0 aromatic carbocycles. The van der Waals surface area contributed by atoms with Crippen molar-refractivity contribution in [2.75, 3.05) is 39.3 Å². The van der Waals surface area contributed by atoms with Gasteiger partial charge in [-0.2, -0.15) is 0 Å². The van der Waals surface area contributed by atoms with Crippen LogP contribution in [0.3, 0.4) is 0 Å². The summed E-state index contributed by atoms with van der Waals surface area (Å²) in [5, 5.41) is 34.5. The third-order valence-electron chi connectivity index (χ3n) is 2.17. The van der Waals surface area contributed by atoms with Gasteiger partial charge in [-0.1, -0.05) is 0 Å². The van der Waals surface area contributed by atoms with Crippen molar-refractivity contribution in [1.29, 1.82) is 0 Å². The van der Waals surface area contributed by atoms with E-state index in [1.54, 1.807) is 0 Å². The number of hydrogen-bond donors (Lipinski definition) is 4. The molecule has 0 aliphatic heterocycles. The third kappa shape index (κ3) is 23.8. The molecule has 0 radical (unpaired) electrons. The molecule has 24 heavy (non-hydrogen) atoms. The average molecular weight is 396 g/mol. The standard InChI is InChI=1S/C10H16N2O8.4Na.4H2.4H/c13-7(14)3-11(4-8(15)16)1-2-12(5-9(17)18)6-10(19)20;;;;;;;;;;;;/h1-6H2,(H,13,14)(H,15,16)(H,17,18)(H,19,20);;;;;4*1H;;;;. The van der Waals surface area contributed by atoms with Crippen LogP contribution in [0.25, 0.3) is 0 Å². The van der Waals surface area contributed by atoms with Gasteiger partial charge in [-0.15, -0.1) is 0 Å². The van der Waals surface area contributed by atoms with Gasteiger partial charge in [0.25, 0.3) is 0 Å². The third-order valence-corrected chi connectivity index (χ3v) is 2.17. The molecule has 0 aromatic rings. The van der Waals surface area contributed by atoms with E-state index in [-0.39, 0.29) is 137 Å². The van der Waals surface area contributed by atoms with Gasteiger partial charge in [0, 0.05) is 18.8 Å². The molecular formula is C10H28N2Na4O8. The van der Waals surface area contributed by atoms with Crippen LogP contribution in [0, 0.1) is 0 Å². The number of carboxylic acids is 4. The molecule has 0 unspecified atom stereocenters. The molecule has 0 aliphatic carbocycles. The predicted molar refractivity (Wildman–Crippen MR) is 100 cm³/mol. The Labute approximate surface area is 233 Å². The van der Waals surface area contributed by atoms with Gasteiger partial charge in [0.05, 0.1) is 26.2 Å². The summed E-state index contributed by atoms with van der Waals surface area (Å²) >= 11 is 0.